The third-order valence-corrected chi connectivity index (χ3v) is 5.43. The van der Waals surface area contributed by atoms with Crippen LogP contribution in [0.4, 0.5) is 0 Å². The summed E-state index contributed by atoms with van der Waals surface area (Å²) in [5, 5.41) is 0. The molecule has 3 heteroatoms. The monoisotopic (exact) mass is 344 g/mol. The van der Waals surface area contributed by atoms with Crippen molar-refractivity contribution in [3.63, 3.8) is 0 Å². The second-order valence-corrected chi connectivity index (χ2v) is 7.22. The van der Waals surface area contributed by atoms with Crippen molar-refractivity contribution in [2.45, 2.75) is 38.3 Å². The molecule has 3 aromatic rings. The molecule has 0 fully saturated rings. The number of aromatic nitrogens is 1. The topological polar surface area (TPSA) is 48.0 Å². The maximum atomic E-state index is 12.8. The lowest BCUT2D eigenvalue weighted by molar-refractivity contribution is 0.334. The minimum atomic E-state index is 0.00221. The van der Waals surface area contributed by atoms with Crippen LogP contribution in [0.2, 0.25) is 0 Å². The Labute approximate surface area is 154 Å². The van der Waals surface area contributed by atoms with Crippen LogP contribution in [0.3, 0.4) is 0 Å². The van der Waals surface area contributed by atoms with Crippen molar-refractivity contribution in [1.82, 2.24) is 4.57 Å². The van der Waals surface area contributed by atoms with Crippen molar-refractivity contribution in [3.8, 4) is 11.1 Å². The molecule has 1 aliphatic heterocycles. The van der Waals surface area contributed by atoms with Gasteiger partial charge in [0.25, 0.3) is 5.56 Å². The quantitative estimate of drug-likeness (QED) is 0.784. The molecule has 3 nitrogen and oxygen atoms in total. The number of pyridine rings is 1. The number of rotatable bonds is 3. The van der Waals surface area contributed by atoms with Gasteiger partial charge in [0.15, 0.2) is 0 Å². The van der Waals surface area contributed by atoms with E-state index in [1.807, 2.05) is 23.6 Å². The van der Waals surface area contributed by atoms with E-state index >= 15 is 0 Å². The molecule has 26 heavy (non-hydrogen) atoms. The first kappa shape index (κ1) is 16.8. The molecule has 2 aromatic carbocycles. The van der Waals surface area contributed by atoms with E-state index in [0.29, 0.717) is 0 Å². The second kappa shape index (κ2) is 6.93. The summed E-state index contributed by atoms with van der Waals surface area (Å²) in [6.45, 7) is 1.88. The lowest BCUT2D eigenvalue weighted by Crippen LogP contribution is -2.44. The van der Waals surface area contributed by atoms with Gasteiger partial charge in [-0.15, -0.1) is 0 Å². The number of hydrogen-bond donors (Lipinski definition) is 1. The Hall–Kier alpha value is -2.65. The lowest BCUT2D eigenvalue weighted by atomic mass is 9.90. The van der Waals surface area contributed by atoms with E-state index in [0.717, 1.165) is 30.5 Å². The Balaban J connectivity index is 1.70. The van der Waals surface area contributed by atoms with E-state index < -0.39 is 0 Å². The van der Waals surface area contributed by atoms with Gasteiger partial charge < -0.3 is 10.3 Å². The molecule has 1 aromatic heterocycles. The first-order valence-electron chi connectivity index (χ1n) is 9.24. The Bertz CT molecular complexity index is 975. The van der Waals surface area contributed by atoms with Gasteiger partial charge in [-0.3, -0.25) is 4.79 Å². The summed E-state index contributed by atoms with van der Waals surface area (Å²) in [5.74, 6) is 0. The van der Waals surface area contributed by atoms with Crippen molar-refractivity contribution in [2.75, 3.05) is 0 Å². The third kappa shape index (κ3) is 3.11. The summed E-state index contributed by atoms with van der Waals surface area (Å²) in [4.78, 5) is 12.8. The summed E-state index contributed by atoms with van der Waals surface area (Å²) in [6, 6.07) is 23.0. The zero-order valence-electron chi connectivity index (χ0n) is 15.1. The van der Waals surface area contributed by atoms with Crippen LogP contribution < -0.4 is 11.3 Å². The van der Waals surface area contributed by atoms with Crippen LogP contribution >= 0.6 is 0 Å². The predicted molar refractivity (Wildman–Crippen MR) is 106 cm³/mol. The maximum absolute atomic E-state index is 12.8. The van der Waals surface area contributed by atoms with Crippen molar-refractivity contribution >= 4 is 0 Å². The van der Waals surface area contributed by atoms with Crippen LogP contribution in [-0.2, 0) is 12.8 Å². The van der Waals surface area contributed by atoms with Crippen LogP contribution in [0.25, 0.3) is 11.1 Å². The summed E-state index contributed by atoms with van der Waals surface area (Å²) < 4.78 is 1.94. The normalized spacial score (nSPS) is 19.2. The summed E-state index contributed by atoms with van der Waals surface area (Å²) in [6.07, 6.45) is 2.57. The summed E-state index contributed by atoms with van der Waals surface area (Å²) in [5.41, 5.74) is 12.1. The molecule has 2 unspecified atom stereocenters. The third-order valence-electron chi connectivity index (χ3n) is 5.43. The van der Waals surface area contributed by atoms with Gasteiger partial charge in [-0.1, -0.05) is 60.7 Å². The lowest BCUT2D eigenvalue weighted by Gasteiger charge is -2.33. The van der Waals surface area contributed by atoms with Gasteiger partial charge in [0, 0.05) is 17.3 Å². The number of fused-ring (bicyclic) bond motifs is 1. The van der Waals surface area contributed by atoms with Crippen molar-refractivity contribution in [3.05, 3.63) is 93.9 Å². The number of nitrogens with two attached hydrogens (primary N) is 1. The summed E-state index contributed by atoms with van der Waals surface area (Å²) in [7, 11) is 0. The first-order chi connectivity index (χ1) is 12.6. The highest BCUT2D eigenvalue weighted by Crippen LogP contribution is 2.28. The zero-order valence-corrected chi connectivity index (χ0v) is 15.1. The molecule has 0 aliphatic carbocycles. The number of nitrogens with zero attached hydrogens (tertiary/aromatic N) is 1. The highest BCUT2D eigenvalue weighted by atomic mass is 16.1. The smallest absolute Gasteiger partial charge is 0.253 e. The molecule has 0 spiro atoms. The molecule has 4 rings (SSSR count). The fourth-order valence-electron chi connectivity index (χ4n) is 3.95. The fourth-order valence-corrected chi connectivity index (χ4v) is 3.95. The number of aryl methyl sites for hydroxylation is 2. The van der Waals surface area contributed by atoms with Gasteiger partial charge in [-0.25, -0.2) is 0 Å². The molecule has 0 saturated carbocycles. The van der Waals surface area contributed by atoms with E-state index in [9.17, 15) is 4.79 Å². The average Bonchev–Trinajstić information content (AvgIpc) is 2.68. The Morgan fingerprint density at radius 3 is 2.58 bits per heavy atom. The van der Waals surface area contributed by atoms with E-state index in [1.165, 1.54) is 16.7 Å². The standard InChI is InChI=1S/C23H24N2O/c1-16-10-11-20-12-13-21(24)22(25(20)23(16)26)15-17-6-5-9-19(14-17)18-7-3-2-4-8-18/h2-11,14,21-22H,12-13,15,24H2,1H3. The van der Waals surface area contributed by atoms with Gasteiger partial charge in [0.05, 0.1) is 6.04 Å². The number of hydrogen-bond acceptors (Lipinski definition) is 2. The molecule has 2 atom stereocenters. The predicted octanol–water partition coefficient (Wildman–Crippen LogP) is 3.88. The second-order valence-electron chi connectivity index (χ2n) is 7.22. The molecule has 0 bridgehead atoms. The highest BCUT2D eigenvalue weighted by Gasteiger charge is 2.28. The molecule has 2 heterocycles. The van der Waals surface area contributed by atoms with Crippen LogP contribution in [0.15, 0.2) is 71.5 Å². The Morgan fingerprint density at radius 2 is 1.77 bits per heavy atom. The van der Waals surface area contributed by atoms with Crippen LogP contribution in [-0.4, -0.2) is 10.6 Å². The SMILES string of the molecule is Cc1ccc2n(c1=O)C(Cc1cccc(-c3ccccc3)c1)C(N)CC2. The molecule has 132 valence electrons. The average molecular weight is 344 g/mol. The van der Waals surface area contributed by atoms with Gasteiger partial charge in [0.2, 0.25) is 0 Å². The minimum Gasteiger partial charge on any atom is -0.326 e. The van der Waals surface area contributed by atoms with E-state index in [2.05, 4.69) is 54.6 Å². The molecular formula is C23H24N2O. The zero-order chi connectivity index (χ0) is 18.1. The Kier molecular flexibility index (Phi) is 4.48. The van der Waals surface area contributed by atoms with Gasteiger partial charge in [-0.2, -0.15) is 0 Å². The molecule has 0 saturated heterocycles. The minimum absolute atomic E-state index is 0.00221. The van der Waals surface area contributed by atoms with Crippen molar-refractivity contribution < 1.29 is 0 Å². The van der Waals surface area contributed by atoms with Crippen LogP contribution in [0.1, 0.15) is 29.3 Å². The Morgan fingerprint density at radius 1 is 1.00 bits per heavy atom. The molecule has 2 N–H and O–H groups in total. The molecule has 0 radical (unpaired) electrons. The fraction of sp³-hybridized carbons (Fsp3) is 0.261. The highest BCUT2D eigenvalue weighted by molar-refractivity contribution is 5.63. The van der Waals surface area contributed by atoms with E-state index in [4.69, 9.17) is 5.73 Å². The summed E-state index contributed by atoms with van der Waals surface area (Å²) >= 11 is 0. The van der Waals surface area contributed by atoms with Crippen LogP contribution in [0.5, 0.6) is 0 Å². The van der Waals surface area contributed by atoms with E-state index in [1.54, 1.807) is 0 Å². The van der Waals surface area contributed by atoms with E-state index in [-0.39, 0.29) is 17.6 Å². The number of benzene rings is 2. The molecule has 0 amide bonds. The van der Waals surface area contributed by atoms with Gasteiger partial charge in [0.1, 0.15) is 0 Å². The van der Waals surface area contributed by atoms with Crippen LogP contribution in [0, 0.1) is 6.92 Å². The first-order valence-corrected chi connectivity index (χ1v) is 9.24. The van der Waals surface area contributed by atoms with Crippen molar-refractivity contribution in [1.29, 1.82) is 0 Å². The largest absolute Gasteiger partial charge is 0.326 e. The van der Waals surface area contributed by atoms with Gasteiger partial charge in [-0.05, 0) is 48.9 Å². The molecule has 1 aliphatic rings. The maximum Gasteiger partial charge on any atom is 0.253 e. The van der Waals surface area contributed by atoms with Gasteiger partial charge >= 0.3 is 0 Å². The van der Waals surface area contributed by atoms with Crippen molar-refractivity contribution in [2.24, 2.45) is 5.73 Å². The molecular weight excluding hydrogens is 320 g/mol.